The van der Waals surface area contributed by atoms with Gasteiger partial charge < -0.3 is 10.1 Å². The zero-order valence-electron chi connectivity index (χ0n) is 13.6. The molecule has 0 aliphatic heterocycles. The van der Waals surface area contributed by atoms with Crippen LogP contribution in [-0.4, -0.2) is 24.2 Å². The molecule has 4 nitrogen and oxygen atoms in total. The van der Waals surface area contributed by atoms with Crippen LogP contribution in [0.1, 0.15) is 12.0 Å². The molecule has 0 radical (unpaired) electrons. The maximum Gasteiger partial charge on any atom is 0.307 e. The zero-order chi connectivity index (χ0) is 18.2. The van der Waals surface area contributed by atoms with E-state index in [1.54, 1.807) is 30.3 Å². The van der Waals surface area contributed by atoms with Crippen LogP contribution in [0.5, 0.6) is 0 Å². The minimum atomic E-state index is -0.417. The van der Waals surface area contributed by atoms with Crippen LogP contribution in [0.15, 0.2) is 47.4 Å². The second-order valence-corrected chi connectivity index (χ2v) is 7.26. The first kappa shape index (κ1) is 19.6. The van der Waals surface area contributed by atoms with Crippen LogP contribution in [0.4, 0.5) is 5.69 Å². The second kappa shape index (κ2) is 9.70. The third-order valence-electron chi connectivity index (χ3n) is 3.23. The Morgan fingerprint density at radius 3 is 2.48 bits per heavy atom. The van der Waals surface area contributed by atoms with Crippen molar-refractivity contribution in [3.05, 3.63) is 58.1 Å². The number of hydrogen-bond acceptors (Lipinski definition) is 4. The molecule has 0 fully saturated rings. The SMILES string of the molecule is Cc1ccc(Cl)cc1NC(=O)COC(=O)CCSc1ccc(Cl)cc1. The molecule has 0 saturated heterocycles. The van der Waals surface area contributed by atoms with E-state index in [4.69, 9.17) is 27.9 Å². The molecule has 0 spiro atoms. The minimum Gasteiger partial charge on any atom is -0.456 e. The van der Waals surface area contributed by atoms with Crippen LogP contribution in [-0.2, 0) is 14.3 Å². The molecule has 2 rings (SSSR count). The molecule has 0 aliphatic rings. The predicted molar refractivity (Wildman–Crippen MR) is 103 cm³/mol. The Balaban J connectivity index is 1.69. The third kappa shape index (κ3) is 6.98. The number of carbonyl (C=O) groups is 2. The van der Waals surface area contributed by atoms with E-state index in [9.17, 15) is 9.59 Å². The van der Waals surface area contributed by atoms with Crippen molar-refractivity contribution < 1.29 is 14.3 Å². The highest BCUT2D eigenvalue weighted by Gasteiger charge is 2.09. The molecule has 1 amide bonds. The van der Waals surface area contributed by atoms with Gasteiger partial charge in [0.1, 0.15) is 0 Å². The number of nitrogens with one attached hydrogen (secondary N) is 1. The van der Waals surface area contributed by atoms with E-state index in [1.165, 1.54) is 11.8 Å². The fourth-order valence-corrected chi connectivity index (χ4v) is 3.05. The summed E-state index contributed by atoms with van der Waals surface area (Å²) in [6.07, 6.45) is 0.219. The van der Waals surface area contributed by atoms with Gasteiger partial charge in [-0.15, -0.1) is 11.8 Å². The van der Waals surface area contributed by atoms with Crippen LogP contribution in [0.2, 0.25) is 10.0 Å². The van der Waals surface area contributed by atoms with Gasteiger partial charge in [-0.1, -0.05) is 29.3 Å². The Morgan fingerprint density at radius 1 is 1.08 bits per heavy atom. The lowest BCUT2D eigenvalue weighted by Crippen LogP contribution is -2.21. The van der Waals surface area contributed by atoms with Crippen LogP contribution in [0, 0.1) is 6.92 Å². The lowest BCUT2D eigenvalue weighted by atomic mass is 10.2. The van der Waals surface area contributed by atoms with Crippen molar-refractivity contribution in [1.29, 1.82) is 0 Å². The Hall–Kier alpha value is -1.69. The molecule has 0 bridgehead atoms. The number of carbonyl (C=O) groups excluding carboxylic acids is 2. The predicted octanol–water partition coefficient (Wildman–Crippen LogP) is 4.97. The van der Waals surface area contributed by atoms with Gasteiger partial charge in [0.05, 0.1) is 6.42 Å². The Bertz CT molecular complexity index is 750. The number of esters is 1. The van der Waals surface area contributed by atoms with E-state index in [1.807, 2.05) is 19.1 Å². The molecule has 0 aromatic heterocycles. The summed E-state index contributed by atoms with van der Waals surface area (Å²) < 4.78 is 4.98. The summed E-state index contributed by atoms with van der Waals surface area (Å²) in [6, 6.07) is 12.6. The number of ether oxygens (including phenoxy) is 1. The fourth-order valence-electron chi connectivity index (χ4n) is 1.92. The lowest BCUT2D eigenvalue weighted by molar-refractivity contribution is -0.146. The van der Waals surface area contributed by atoms with Crippen LogP contribution < -0.4 is 5.32 Å². The highest BCUT2D eigenvalue weighted by Crippen LogP contribution is 2.21. The summed E-state index contributed by atoms with van der Waals surface area (Å²) in [5, 5.41) is 3.87. The first-order chi connectivity index (χ1) is 11.9. The van der Waals surface area contributed by atoms with Crippen LogP contribution in [0.25, 0.3) is 0 Å². The molecule has 0 saturated carbocycles. The van der Waals surface area contributed by atoms with Crippen molar-refractivity contribution >= 4 is 52.5 Å². The lowest BCUT2D eigenvalue weighted by Gasteiger charge is -2.09. The van der Waals surface area contributed by atoms with Gasteiger partial charge in [0, 0.05) is 26.4 Å². The fraction of sp³-hybridized carbons (Fsp3) is 0.222. The monoisotopic (exact) mass is 397 g/mol. The Morgan fingerprint density at radius 2 is 1.76 bits per heavy atom. The minimum absolute atomic E-state index is 0.219. The summed E-state index contributed by atoms with van der Waals surface area (Å²) in [4.78, 5) is 24.6. The van der Waals surface area contributed by atoms with Crippen LogP contribution in [0.3, 0.4) is 0 Å². The van der Waals surface area contributed by atoms with Gasteiger partial charge in [0.15, 0.2) is 6.61 Å². The molecule has 0 heterocycles. The highest BCUT2D eigenvalue weighted by atomic mass is 35.5. The summed E-state index contributed by atoms with van der Waals surface area (Å²) in [6.45, 7) is 1.53. The van der Waals surface area contributed by atoms with Crippen molar-refractivity contribution in [3.63, 3.8) is 0 Å². The molecule has 1 N–H and O–H groups in total. The molecule has 0 unspecified atom stereocenters. The smallest absolute Gasteiger partial charge is 0.307 e. The van der Waals surface area contributed by atoms with Gasteiger partial charge in [0.2, 0.25) is 0 Å². The molecule has 7 heteroatoms. The molecule has 25 heavy (non-hydrogen) atoms. The van der Waals surface area contributed by atoms with Gasteiger partial charge in [-0.05, 0) is 48.9 Å². The van der Waals surface area contributed by atoms with E-state index < -0.39 is 11.9 Å². The topological polar surface area (TPSA) is 55.4 Å². The maximum atomic E-state index is 11.9. The Labute approximate surface area is 160 Å². The van der Waals surface area contributed by atoms with E-state index >= 15 is 0 Å². The zero-order valence-corrected chi connectivity index (χ0v) is 15.9. The largest absolute Gasteiger partial charge is 0.456 e. The van der Waals surface area contributed by atoms with E-state index in [-0.39, 0.29) is 13.0 Å². The third-order valence-corrected chi connectivity index (χ3v) is 4.73. The normalized spacial score (nSPS) is 10.4. The van der Waals surface area contributed by atoms with Crippen molar-refractivity contribution in [2.24, 2.45) is 0 Å². The number of halogens is 2. The van der Waals surface area contributed by atoms with E-state index in [2.05, 4.69) is 5.32 Å². The maximum absolute atomic E-state index is 11.9. The number of benzene rings is 2. The Kier molecular flexibility index (Phi) is 7.62. The van der Waals surface area contributed by atoms with Gasteiger partial charge in [0.25, 0.3) is 5.91 Å². The van der Waals surface area contributed by atoms with Crippen LogP contribution >= 0.6 is 35.0 Å². The van der Waals surface area contributed by atoms with Gasteiger partial charge in [-0.2, -0.15) is 0 Å². The number of thioether (sulfide) groups is 1. The van der Waals surface area contributed by atoms with Gasteiger partial charge >= 0.3 is 5.97 Å². The first-order valence-electron chi connectivity index (χ1n) is 7.54. The molecule has 2 aromatic rings. The van der Waals surface area contributed by atoms with Crippen molar-refractivity contribution in [1.82, 2.24) is 0 Å². The van der Waals surface area contributed by atoms with Crippen molar-refractivity contribution in [3.8, 4) is 0 Å². The summed E-state index contributed by atoms with van der Waals surface area (Å²) >= 11 is 13.2. The molecule has 0 aliphatic carbocycles. The average Bonchev–Trinajstić information content (AvgIpc) is 2.58. The number of anilines is 1. The van der Waals surface area contributed by atoms with E-state index in [0.717, 1.165) is 10.5 Å². The quantitative estimate of drug-likeness (QED) is 0.529. The number of rotatable bonds is 7. The average molecular weight is 398 g/mol. The second-order valence-electron chi connectivity index (χ2n) is 5.22. The number of aryl methyl sites for hydroxylation is 1. The molecule has 2 aromatic carbocycles. The standard InChI is InChI=1S/C18H17Cl2NO3S/c1-12-2-3-14(20)10-16(12)21-17(22)11-24-18(23)8-9-25-15-6-4-13(19)5-7-15/h2-7,10H,8-9,11H2,1H3,(H,21,22). The molecular weight excluding hydrogens is 381 g/mol. The summed E-state index contributed by atoms with van der Waals surface area (Å²) in [5.74, 6) is -0.251. The highest BCUT2D eigenvalue weighted by molar-refractivity contribution is 7.99. The molecule has 132 valence electrons. The summed E-state index contributed by atoms with van der Waals surface area (Å²) in [5.41, 5.74) is 1.48. The van der Waals surface area contributed by atoms with Gasteiger partial charge in [-0.25, -0.2) is 0 Å². The number of amides is 1. The summed E-state index contributed by atoms with van der Waals surface area (Å²) in [7, 11) is 0. The van der Waals surface area contributed by atoms with E-state index in [0.29, 0.717) is 21.5 Å². The van der Waals surface area contributed by atoms with Crippen molar-refractivity contribution in [2.45, 2.75) is 18.2 Å². The number of hydrogen-bond donors (Lipinski definition) is 1. The molecule has 0 atom stereocenters. The van der Waals surface area contributed by atoms with Gasteiger partial charge in [-0.3, -0.25) is 9.59 Å². The van der Waals surface area contributed by atoms with Crippen molar-refractivity contribution in [2.75, 3.05) is 17.7 Å². The first-order valence-corrected chi connectivity index (χ1v) is 9.28. The molecular formula is C18H17Cl2NO3S.